The Morgan fingerprint density at radius 2 is 2.03 bits per heavy atom. The molecule has 3 heterocycles. The first-order valence-electron chi connectivity index (χ1n) is 10.0. The smallest absolute Gasteiger partial charge is 0.304 e. The molecule has 2 amide bonds. The highest BCUT2D eigenvalue weighted by atomic mass is 32.1. The van der Waals surface area contributed by atoms with E-state index in [0.29, 0.717) is 31.3 Å². The molecule has 0 radical (unpaired) electrons. The van der Waals surface area contributed by atoms with Crippen LogP contribution >= 0.6 is 11.3 Å². The van der Waals surface area contributed by atoms with Crippen LogP contribution in [0.4, 0.5) is 0 Å². The number of aliphatic carboxylic acids is 1. The molecule has 8 heteroatoms. The Morgan fingerprint density at radius 3 is 2.67 bits per heavy atom. The van der Waals surface area contributed by atoms with E-state index >= 15 is 0 Å². The highest BCUT2D eigenvalue weighted by molar-refractivity contribution is 7.10. The molecule has 2 N–H and O–H groups in total. The van der Waals surface area contributed by atoms with Crippen molar-refractivity contribution in [1.82, 2.24) is 10.2 Å². The summed E-state index contributed by atoms with van der Waals surface area (Å²) >= 11 is 1.47. The summed E-state index contributed by atoms with van der Waals surface area (Å²) in [6.45, 7) is 1.85. The molecule has 1 atom stereocenters. The molecule has 1 aliphatic heterocycles. The lowest BCUT2D eigenvalue weighted by molar-refractivity contribution is -0.137. The Balaban J connectivity index is 1.40. The van der Waals surface area contributed by atoms with Crippen LogP contribution < -0.4 is 5.32 Å². The highest BCUT2D eigenvalue weighted by Crippen LogP contribution is 2.27. The van der Waals surface area contributed by atoms with Gasteiger partial charge in [0, 0.05) is 42.9 Å². The van der Waals surface area contributed by atoms with Crippen LogP contribution in [-0.4, -0.2) is 47.4 Å². The maximum atomic E-state index is 12.4. The molecule has 2 aromatic heterocycles. The van der Waals surface area contributed by atoms with Crippen molar-refractivity contribution in [2.45, 2.75) is 31.6 Å². The summed E-state index contributed by atoms with van der Waals surface area (Å²) in [5.74, 6) is -0.422. The molecule has 0 bridgehead atoms. The van der Waals surface area contributed by atoms with Crippen LogP contribution in [0.25, 0.3) is 6.08 Å². The number of amides is 2. The topological polar surface area (TPSA) is 99.8 Å². The zero-order valence-electron chi connectivity index (χ0n) is 16.7. The molecule has 0 saturated carbocycles. The molecule has 1 saturated heterocycles. The Bertz CT molecular complexity index is 852. The van der Waals surface area contributed by atoms with Crippen LogP contribution in [0, 0.1) is 5.92 Å². The number of nitrogens with one attached hydrogen (secondary N) is 1. The molecule has 7 nitrogen and oxygen atoms in total. The second-order valence-electron chi connectivity index (χ2n) is 7.44. The van der Waals surface area contributed by atoms with E-state index in [2.05, 4.69) is 5.32 Å². The lowest BCUT2D eigenvalue weighted by Gasteiger charge is -2.31. The van der Waals surface area contributed by atoms with Gasteiger partial charge in [-0.2, -0.15) is 0 Å². The van der Waals surface area contributed by atoms with E-state index in [1.54, 1.807) is 29.4 Å². The van der Waals surface area contributed by atoms with Gasteiger partial charge in [-0.15, -0.1) is 11.3 Å². The Kier molecular flexibility index (Phi) is 7.84. The van der Waals surface area contributed by atoms with E-state index in [-0.39, 0.29) is 30.6 Å². The maximum Gasteiger partial charge on any atom is 0.304 e. The van der Waals surface area contributed by atoms with E-state index in [1.807, 2.05) is 17.5 Å². The van der Waals surface area contributed by atoms with Crippen molar-refractivity contribution in [1.29, 1.82) is 0 Å². The van der Waals surface area contributed by atoms with Crippen molar-refractivity contribution in [2.24, 2.45) is 5.92 Å². The average Bonchev–Trinajstić information content (AvgIpc) is 3.44. The monoisotopic (exact) mass is 430 g/mol. The van der Waals surface area contributed by atoms with Crippen molar-refractivity contribution >= 4 is 35.2 Å². The van der Waals surface area contributed by atoms with Crippen molar-refractivity contribution < 1.29 is 23.9 Å². The van der Waals surface area contributed by atoms with Crippen LogP contribution in [0.1, 0.15) is 42.2 Å². The van der Waals surface area contributed by atoms with E-state index in [9.17, 15) is 14.4 Å². The average molecular weight is 431 g/mol. The first-order valence-corrected chi connectivity index (χ1v) is 10.9. The van der Waals surface area contributed by atoms with Gasteiger partial charge in [0.2, 0.25) is 11.8 Å². The number of carboxylic acids is 1. The van der Waals surface area contributed by atoms with Gasteiger partial charge in [-0.25, -0.2) is 0 Å². The number of carbonyl (C=O) groups is 3. The number of piperidine rings is 1. The van der Waals surface area contributed by atoms with Gasteiger partial charge >= 0.3 is 5.97 Å². The predicted octanol–water partition coefficient (Wildman–Crippen LogP) is 3.36. The molecule has 160 valence electrons. The summed E-state index contributed by atoms with van der Waals surface area (Å²) in [4.78, 5) is 38.5. The van der Waals surface area contributed by atoms with Gasteiger partial charge in [0.15, 0.2) is 0 Å². The molecule has 1 unspecified atom stereocenters. The van der Waals surface area contributed by atoms with E-state index in [1.165, 1.54) is 17.4 Å². The van der Waals surface area contributed by atoms with E-state index in [0.717, 1.165) is 17.7 Å². The summed E-state index contributed by atoms with van der Waals surface area (Å²) in [5, 5.41) is 14.0. The number of furan rings is 1. The van der Waals surface area contributed by atoms with Gasteiger partial charge < -0.3 is 19.7 Å². The van der Waals surface area contributed by atoms with Crippen LogP contribution in [0.5, 0.6) is 0 Å². The number of hydrogen-bond donors (Lipinski definition) is 2. The van der Waals surface area contributed by atoms with Crippen molar-refractivity contribution in [3.63, 3.8) is 0 Å². The quantitative estimate of drug-likeness (QED) is 0.594. The fraction of sp³-hybridized carbons (Fsp3) is 0.409. The van der Waals surface area contributed by atoms with Gasteiger partial charge in [0.1, 0.15) is 5.76 Å². The summed E-state index contributed by atoms with van der Waals surface area (Å²) in [7, 11) is 0. The largest absolute Gasteiger partial charge is 0.481 e. The highest BCUT2D eigenvalue weighted by Gasteiger charge is 2.24. The van der Waals surface area contributed by atoms with Crippen LogP contribution in [0.15, 0.2) is 46.4 Å². The normalized spacial score (nSPS) is 15.9. The number of rotatable bonds is 9. The number of hydrogen-bond acceptors (Lipinski definition) is 5. The van der Waals surface area contributed by atoms with Gasteiger partial charge in [0.05, 0.1) is 12.7 Å². The standard InChI is InChI=1S/C22H26N2O5S/c25-20(13-17(14-22(27)28)19-4-2-12-30-19)23-15-16-7-9-24(10-8-16)21(26)6-5-18-3-1-11-29-18/h1-6,11-12,16-17H,7-10,13-15H2,(H,23,25)(H,27,28). The minimum absolute atomic E-state index is 0.0404. The predicted molar refractivity (Wildman–Crippen MR) is 114 cm³/mol. The van der Waals surface area contributed by atoms with Gasteiger partial charge in [0.25, 0.3) is 0 Å². The molecular weight excluding hydrogens is 404 g/mol. The number of carbonyl (C=O) groups excluding carboxylic acids is 2. The molecule has 3 rings (SSSR count). The van der Waals surface area contributed by atoms with Crippen molar-refractivity contribution in [2.75, 3.05) is 19.6 Å². The van der Waals surface area contributed by atoms with Gasteiger partial charge in [-0.1, -0.05) is 6.07 Å². The third kappa shape index (κ3) is 6.59. The molecule has 1 fully saturated rings. The number of likely N-dealkylation sites (tertiary alicyclic amines) is 1. The second kappa shape index (κ2) is 10.8. The Morgan fingerprint density at radius 1 is 1.23 bits per heavy atom. The molecule has 1 aliphatic rings. The molecule has 30 heavy (non-hydrogen) atoms. The first kappa shape index (κ1) is 21.8. The van der Waals surface area contributed by atoms with Crippen molar-refractivity contribution in [3.05, 3.63) is 52.6 Å². The fourth-order valence-electron chi connectivity index (χ4n) is 3.56. The van der Waals surface area contributed by atoms with Crippen LogP contribution in [0.2, 0.25) is 0 Å². The minimum Gasteiger partial charge on any atom is -0.481 e. The van der Waals surface area contributed by atoms with Crippen LogP contribution in [0.3, 0.4) is 0 Å². The maximum absolute atomic E-state index is 12.4. The molecular formula is C22H26N2O5S. The SMILES string of the molecule is O=C(O)CC(CC(=O)NCC1CCN(C(=O)C=Cc2ccco2)CC1)c1cccs1. The van der Waals surface area contributed by atoms with Gasteiger partial charge in [-0.05, 0) is 48.4 Å². The lowest BCUT2D eigenvalue weighted by Crippen LogP contribution is -2.41. The summed E-state index contributed by atoms with van der Waals surface area (Å²) < 4.78 is 5.19. The number of nitrogens with zero attached hydrogens (tertiary/aromatic N) is 1. The lowest BCUT2D eigenvalue weighted by atomic mass is 9.95. The molecule has 0 aliphatic carbocycles. The first-order chi connectivity index (χ1) is 14.5. The number of thiophene rings is 1. The Labute approximate surface area is 179 Å². The van der Waals surface area contributed by atoms with Gasteiger partial charge in [-0.3, -0.25) is 14.4 Å². The van der Waals surface area contributed by atoms with E-state index in [4.69, 9.17) is 9.52 Å². The second-order valence-corrected chi connectivity index (χ2v) is 8.42. The molecule has 0 aromatic carbocycles. The third-order valence-corrected chi connectivity index (χ3v) is 6.28. The van der Waals surface area contributed by atoms with E-state index < -0.39 is 5.97 Å². The van der Waals surface area contributed by atoms with Crippen molar-refractivity contribution in [3.8, 4) is 0 Å². The molecule has 2 aromatic rings. The molecule has 0 spiro atoms. The zero-order chi connectivity index (χ0) is 21.3. The van der Waals surface area contributed by atoms with Crippen LogP contribution in [-0.2, 0) is 14.4 Å². The third-order valence-electron chi connectivity index (χ3n) is 5.25. The number of carboxylic acid groups (broad SMARTS) is 1. The fourth-order valence-corrected chi connectivity index (χ4v) is 4.39. The zero-order valence-corrected chi connectivity index (χ0v) is 17.5. The minimum atomic E-state index is -0.903. The summed E-state index contributed by atoms with van der Waals surface area (Å²) in [6, 6.07) is 7.30. The summed E-state index contributed by atoms with van der Waals surface area (Å²) in [6.07, 6.45) is 6.51. The summed E-state index contributed by atoms with van der Waals surface area (Å²) in [5.41, 5.74) is 0. The Hall–Kier alpha value is -2.87.